The minimum absolute atomic E-state index is 0.0954. The summed E-state index contributed by atoms with van der Waals surface area (Å²) >= 11 is 3.25. The van der Waals surface area contributed by atoms with Crippen molar-refractivity contribution >= 4 is 15.9 Å². The number of hydrogen-bond donors (Lipinski definition) is 2. The van der Waals surface area contributed by atoms with Crippen LogP contribution in [0.1, 0.15) is 52.7 Å². The molecule has 0 spiro atoms. The van der Waals surface area contributed by atoms with Crippen LogP contribution in [0.25, 0.3) is 0 Å². The van der Waals surface area contributed by atoms with E-state index >= 15 is 0 Å². The van der Waals surface area contributed by atoms with Gasteiger partial charge in [0.2, 0.25) is 0 Å². The summed E-state index contributed by atoms with van der Waals surface area (Å²) in [6.07, 6.45) is 0. The highest BCUT2D eigenvalue weighted by molar-refractivity contribution is 9.10. The maximum Gasteiger partial charge on any atom is 0.130 e. The largest absolute Gasteiger partial charge is 0.508 e. The minimum atomic E-state index is 0.0954. The molecule has 0 atom stereocenters. The summed E-state index contributed by atoms with van der Waals surface area (Å²) in [5, 5.41) is 18.6. The van der Waals surface area contributed by atoms with Gasteiger partial charge in [0.15, 0.2) is 0 Å². The van der Waals surface area contributed by atoms with Crippen molar-refractivity contribution in [2.24, 2.45) is 0 Å². The zero-order valence-corrected chi connectivity index (χ0v) is 16.4. The number of benzene rings is 2. The molecule has 0 aliphatic rings. The lowest BCUT2D eigenvalue weighted by atomic mass is 9.87. The fourth-order valence-electron chi connectivity index (χ4n) is 1.95. The molecule has 2 nitrogen and oxygen atoms in total. The Morgan fingerprint density at radius 3 is 1.65 bits per heavy atom. The third-order valence-electron chi connectivity index (χ3n) is 3.52. The molecule has 0 saturated heterocycles. The van der Waals surface area contributed by atoms with E-state index < -0.39 is 0 Å². The molecule has 0 fully saturated rings. The smallest absolute Gasteiger partial charge is 0.130 e. The molecule has 0 saturated carbocycles. The van der Waals surface area contributed by atoms with E-state index in [4.69, 9.17) is 0 Å². The highest BCUT2D eigenvalue weighted by Crippen LogP contribution is 2.30. The minimum Gasteiger partial charge on any atom is -0.508 e. The van der Waals surface area contributed by atoms with E-state index in [1.54, 1.807) is 18.2 Å². The molecule has 0 aliphatic heterocycles. The fraction of sp³-hybridized carbons (Fsp3) is 0.400. The molecule has 0 aliphatic carbocycles. The van der Waals surface area contributed by atoms with Gasteiger partial charge in [-0.05, 0) is 62.2 Å². The molecule has 23 heavy (non-hydrogen) atoms. The van der Waals surface area contributed by atoms with Crippen LogP contribution in [-0.4, -0.2) is 10.2 Å². The van der Waals surface area contributed by atoms with Gasteiger partial charge < -0.3 is 10.2 Å². The number of aromatic hydroxyl groups is 2. The topological polar surface area (TPSA) is 40.5 Å². The molecule has 0 radical (unpaired) electrons. The summed E-state index contributed by atoms with van der Waals surface area (Å²) in [6, 6.07) is 13.1. The molecule has 2 N–H and O–H groups in total. The Morgan fingerprint density at radius 1 is 0.739 bits per heavy atom. The van der Waals surface area contributed by atoms with E-state index in [9.17, 15) is 10.2 Å². The normalized spacial score (nSPS) is 11.6. The average Bonchev–Trinajstić information content (AvgIpc) is 2.40. The average molecular weight is 379 g/mol. The van der Waals surface area contributed by atoms with Crippen LogP contribution in [0.3, 0.4) is 0 Å². The van der Waals surface area contributed by atoms with Crippen molar-refractivity contribution in [3.05, 3.63) is 58.1 Å². The predicted molar refractivity (Wildman–Crippen MR) is 101 cm³/mol. The number of phenolic OH excluding ortho intramolecular Hbond substituents is 2. The van der Waals surface area contributed by atoms with Crippen molar-refractivity contribution in [2.45, 2.75) is 52.4 Å². The van der Waals surface area contributed by atoms with Gasteiger partial charge in [0.25, 0.3) is 0 Å². The fourth-order valence-corrected chi connectivity index (χ4v) is 2.20. The Kier molecular flexibility index (Phi) is 6.29. The van der Waals surface area contributed by atoms with Crippen LogP contribution in [0, 0.1) is 0 Å². The van der Waals surface area contributed by atoms with Crippen LogP contribution in [0.4, 0.5) is 0 Å². The van der Waals surface area contributed by atoms with Gasteiger partial charge >= 0.3 is 0 Å². The van der Waals surface area contributed by atoms with Crippen molar-refractivity contribution < 1.29 is 10.2 Å². The number of phenols is 2. The van der Waals surface area contributed by atoms with Crippen molar-refractivity contribution in [1.29, 1.82) is 0 Å². The lowest BCUT2D eigenvalue weighted by Gasteiger charge is -2.19. The molecule has 0 aromatic heterocycles. The van der Waals surface area contributed by atoms with E-state index in [1.807, 2.05) is 24.3 Å². The van der Waals surface area contributed by atoms with Crippen LogP contribution in [0.5, 0.6) is 11.5 Å². The van der Waals surface area contributed by atoms with Gasteiger partial charge in [0.1, 0.15) is 11.5 Å². The Balaban J connectivity index is 0.000000231. The van der Waals surface area contributed by atoms with Crippen molar-refractivity contribution in [1.82, 2.24) is 0 Å². The number of halogens is 1. The molecular weight excluding hydrogens is 352 g/mol. The van der Waals surface area contributed by atoms with Crippen molar-refractivity contribution in [3.8, 4) is 11.5 Å². The number of rotatable bonds is 0. The highest BCUT2D eigenvalue weighted by Gasteiger charge is 2.14. The second-order valence-electron chi connectivity index (χ2n) is 7.72. The molecule has 0 bridgehead atoms. The molecule has 0 heterocycles. The van der Waals surface area contributed by atoms with E-state index in [0.29, 0.717) is 11.5 Å². The summed E-state index contributed by atoms with van der Waals surface area (Å²) in [5.74, 6) is 0.653. The first-order chi connectivity index (χ1) is 10.4. The molecule has 2 aromatic rings. The number of hydrogen-bond acceptors (Lipinski definition) is 2. The first-order valence-corrected chi connectivity index (χ1v) is 8.49. The van der Waals surface area contributed by atoms with Gasteiger partial charge in [-0.15, -0.1) is 0 Å². The molecule has 126 valence electrons. The molecule has 2 rings (SSSR count). The summed E-state index contributed by atoms with van der Waals surface area (Å²) in [4.78, 5) is 0. The monoisotopic (exact) mass is 378 g/mol. The summed E-state index contributed by atoms with van der Waals surface area (Å²) in [7, 11) is 0. The molecule has 3 heteroatoms. The Bertz CT molecular complexity index is 649. The first kappa shape index (κ1) is 19.6. The van der Waals surface area contributed by atoms with Crippen LogP contribution < -0.4 is 0 Å². The second kappa shape index (κ2) is 7.39. The van der Waals surface area contributed by atoms with Crippen molar-refractivity contribution in [3.63, 3.8) is 0 Å². The predicted octanol–water partition coefficient (Wildman–Crippen LogP) is 6.14. The highest BCUT2D eigenvalue weighted by atomic mass is 79.9. The zero-order chi connectivity index (χ0) is 17.8. The van der Waals surface area contributed by atoms with Gasteiger partial charge in [-0.3, -0.25) is 0 Å². The second-order valence-corrected chi connectivity index (χ2v) is 8.57. The molecule has 0 amide bonds. The van der Waals surface area contributed by atoms with Gasteiger partial charge in [0, 0.05) is 0 Å². The van der Waals surface area contributed by atoms with E-state index in [-0.39, 0.29) is 10.8 Å². The standard InChI is InChI=1S/C10H13BrO.C10H14O/c1-10(2,3)7-4-5-8(11)9(12)6-7;1-10(2,3)8-5-4-6-9(11)7-8/h4-6,12H,1-3H3;4-7,11H,1-3H3. The lowest BCUT2D eigenvalue weighted by Crippen LogP contribution is -2.10. The summed E-state index contributed by atoms with van der Waals surface area (Å²) < 4.78 is 0.746. The van der Waals surface area contributed by atoms with E-state index in [2.05, 4.69) is 57.5 Å². The Labute approximate surface area is 148 Å². The maximum atomic E-state index is 9.42. The Morgan fingerprint density at radius 2 is 1.26 bits per heavy atom. The zero-order valence-electron chi connectivity index (χ0n) is 14.8. The van der Waals surface area contributed by atoms with Gasteiger partial charge in [0.05, 0.1) is 4.47 Å². The quantitative estimate of drug-likeness (QED) is 0.577. The Hall–Kier alpha value is -1.48. The van der Waals surface area contributed by atoms with E-state index in [1.165, 1.54) is 0 Å². The van der Waals surface area contributed by atoms with Gasteiger partial charge in [-0.25, -0.2) is 0 Å². The van der Waals surface area contributed by atoms with Crippen LogP contribution in [0.2, 0.25) is 0 Å². The lowest BCUT2D eigenvalue weighted by molar-refractivity contribution is 0.467. The van der Waals surface area contributed by atoms with Crippen LogP contribution in [-0.2, 0) is 10.8 Å². The molecule has 0 unspecified atom stereocenters. The maximum absolute atomic E-state index is 9.42. The molecule has 2 aromatic carbocycles. The van der Waals surface area contributed by atoms with Crippen LogP contribution in [0.15, 0.2) is 46.9 Å². The molecular formula is C20H27BrO2. The first-order valence-electron chi connectivity index (χ1n) is 7.70. The third-order valence-corrected chi connectivity index (χ3v) is 4.19. The van der Waals surface area contributed by atoms with Gasteiger partial charge in [-0.1, -0.05) is 59.7 Å². The SMILES string of the molecule is CC(C)(C)c1ccc(Br)c(O)c1.CC(C)(C)c1cccc(O)c1. The van der Waals surface area contributed by atoms with Gasteiger partial charge in [-0.2, -0.15) is 0 Å². The summed E-state index contributed by atoms with van der Waals surface area (Å²) in [5.41, 5.74) is 2.53. The summed E-state index contributed by atoms with van der Waals surface area (Å²) in [6.45, 7) is 12.7. The van der Waals surface area contributed by atoms with E-state index in [0.717, 1.165) is 15.6 Å². The third kappa shape index (κ3) is 6.26. The van der Waals surface area contributed by atoms with Crippen molar-refractivity contribution in [2.75, 3.05) is 0 Å². The van der Waals surface area contributed by atoms with Crippen LogP contribution >= 0.6 is 15.9 Å².